The average Bonchev–Trinajstić information content (AvgIpc) is 3.80. The van der Waals surface area contributed by atoms with E-state index in [0.29, 0.717) is 0 Å². The predicted molar refractivity (Wildman–Crippen MR) is 251 cm³/mol. The molecule has 0 radical (unpaired) electrons. The third kappa shape index (κ3) is 4.75. The van der Waals surface area contributed by atoms with Gasteiger partial charge in [-0.3, -0.25) is 4.57 Å². The Morgan fingerprint density at radius 1 is 0.426 bits per heavy atom. The van der Waals surface area contributed by atoms with Gasteiger partial charge in [0.25, 0.3) is 0 Å². The van der Waals surface area contributed by atoms with E-state index in [1.54, 1.807) is 11.1 Å². The lowest BCUT2D eigenvalue weighted by Crippen LogP contribution is -2.55. The fourth-order valence-corrected chi connectivity index (χ4v) is 13.3. The van der Waals surface area contributed by atoms with E-state index in [0.717, 1.165) is 62.8 Å². The lowest BCUT2D eigenvalue weighted by molar-refractivity contribution is -0.0399. The van der Waals surface area contributed by atoms with E-state index in [2.05, 4.69) is 180 Å². The van der Waals surface area contributed by atoms with Gasteiger partial charge in [0, 0.05) is 21.8 Å². The van der Waals surface area contributed by atoms with Gasteiger partial charge in [-0.2, -0.15) is 0 Å². The Labute approximate surface area is 355 Å². The minimum absolute atomic E-state index is 0.135. The summed E-state index contributed by atoms with van der Waals surface area (Å²) in [6.07, 6.45) is 7.02. The molecule has 8 aromatic carbocycles. The molecule has 0 N–H and O–H groups in total. The Balaban J connectivity index is 0.988. The Hall–Kier alpha value is -6.84. The predicted octanol–water partition coefficient (Wildman–Crippen LogP) is 14.6. The largest absolute Gasteiger partial charge is 0.292 e. The van der Waals surface area contributed by atoms with Crippen molar-refractivity contribution in [2.75, 3.05) is 0 Å². The maximum absolute atomic E-state index is 5.48. The van der Waals surface area contributed by atoms with E-state index in [4.69, 9.17) is 9.97 Å². The van der Waals surface area contributed by atoms with Crippen molar-refractivity contribution >= 4 is 43.6 Å². The van der Waals surface area contributed by atoms with Gasteiger partial charge in [-0.1, -0.05) is 140 Å². The Morgan fingerprint density at radius 3 is 1.85 bits per heavy atom. The molecule has 3 heteroatoms. The van der Waals surface area contributed by atoms with Crippen LogP contribution in [-0.4, -0.2) is 14.5 Å². The number of hydrogen-bond acceptors (Lipinski definition) is 2. The van der Waals surface area contributed by atoms with Crippen LogP contribution in [0.5, 0.6) is 0 Å². The van der Waals surface area contributed by atoms with E-state index < -0.39 is 0 Å². The first-order chi connectivity index (χ1) is 30.2. The van der Waals surface area contributed by atoms with Crippen molar-refractivity contribution in [2.24, 2.45) is 23.7 Å². The first-order valence-electron chi connectivity index (χ1n) is 22.3. The van der Waals surface area contributed by atoms with E-state index in [1.165, 1.54) is 87.0 Å². The molecule has 5 aliphatic carbocycles. The van der Waals surface area contributed by atoms with E-state index in [1.807, 2.05) is 0 Å². The molecule has 2 aromatic heterocycles. The van der Waals surface area contributed by atoms with Gasteiger partial charge in [0.2, 0.25) is 0 Å². The summed E-state index contributed by atoms with van der Waals surface area (Å²) < 4.78 is 2.38. The molecule has 5 aliphatic rings. The molecule has 0 aliphatic heterocycles. The van der Waals surface area contributed by atoms with Crippen molar-refractivity contribution in [3.05, 3.63) is 187 Å². The van der Waals surface area contributed by atoms with Crippen LogP contribution in [0.4, 0.5) is 0 Å². The summed E-state index contributed by atoms with van der Waals surface area (Å²) >= 11 is 0. The monoisotopic (exact) mass is 781 g/mol. The molecule has 0 saturated heterocycles. The van der Waals surface area contributed by atoms with Crippen molar-refractivity contribution in [3.8, 4) is 50.5 Å². The zero-order valence-electron chi connectivity index (χ0n) is 33.9. The van der Waals surface area contributed by atoms with Crippen LogP contribution in [0.25, 0.3) is 94.1 Å². The second kappa shape index (κ2) is 12.6. The van der Waals surface area contributed by atoms with E-state index in [-0.39, 0.29) is 5.41 Å². The molecule has 0 amide bonds. The van der Waals surface area contributed by atoms with Crippen LogP contribution in [0.15, 0.2) is 176 Å². The minimum Gasteiger partial charge on any atom is -0.292 e. The quantitative estimate of drug-likeness (QED) is 0.178. The van der Waals surface area contributed by atoms with Crippen molar-refractivity contribution in [2.45, 2.75) is 37.5 Å². The second-order valence-electron chi connectivity index (χ2n) is 18.6. The average molecular weight is 782 g/mol. The molecule has 10 aromatic rings. The number of rotatable bonds is 4. The number of benzene rings is 8. The van der Waals surface area contributed by atoms with E-state index in [9.17, 15) is 0 Å². The summed E-state index contributed by atoms with van der Waals surface area (Å²) in [6, 6.07) is 65.2. The molecule has 4 saturated carbocycles. The molecular weight excluding hydrogens is 739 g/mol. The topological polar surface area (TPSA) is 30.7 Å². The highest BCUT2D eigenvalue weighted by Gasteiger charge is 2.61. The van der Waals surface area contributed by atoms with Crippen LogP contribution in [-0.2, 0) is 5.41 Å². The molecule has 290 valence electrons. The normalized spacial score (nSPS) is 22.2. The SMILES string of the molecule is c1ccc(-c2ccc(-c3nc4ccccc4nc3-n3c4ccc(-c5ccc6c(c5)C5(c7ccccc7-6)C6CC7CC(C6)CC5C7)cc4c4c5ccccc5ccc43)cc2)cc1. The van der Waals surface area contributed by atoms with Gasteiger partial charge < -0.3 is 0 Å². The van der Waals surface area contributed by atoms with Gasteiger partial charge in [0.05, 0.1) is 22.1 Å². The lowest BCUT2D eigenvalue weighted by atomic mass is 9.43. The summed E-state index contributed by atoms with van der Waals surface area (Å²) in [6.45, 7) is 0. The summed E-state index contributed by atoms with van der Waals surface area (Å²) in [5.41, 5.74) is 17.2. The molecule has 0 atom stereocenters. The number of hydrogen-bond donors (Lipinski definition) is 0. The van der Waals surface area contributed by atoms with Gasteiger partial charge in [0.1, 0.15) is 5.69 Å². The molecule has 1 spiro atoms. The highest BCUT2D eigenvalue weighted by molar-refractivity contribution is 6.22. The van der Waals surface area contributed by atoms with Crippen LogP contribution >= 0.6 is 0 Å². The van der Waals surface area contributed by atoms with Gasteiger partial charge in [-0.05, 0) is 147 Å². The van der Waals surface area contributed by atoms with Crippen LogP contribution in [0.3, 0.4) is 0 Å². The smallest absolute Gasteiger partial charge is 0.165 e. The van der Waals surface area contributed by atoms with Crippen molar-refractivity contribution in [1.82, 2.24) is 14.5 Å². The highest BCUT2D eigenvalue weighted by atomic mass is 15.1. The van der Waals surface area contributed by atoms with Gasteiger partial charge in [0.15, 0.2) is 5.82 Å². The van der Waals surface area contributed by atoms with Crippen molar-refractivity contribution < 1.29 is 0 Å². The Kier molecular flexibility index (Phi) is 7.01. The summed E-state index contributed by atoms with van der Waals surface area (Å²) in [4.78, 5) is 10.9. The zero-order chi connectivity index (χ0) is 39.8. The molecule has 0 unspecified atom stereocenters. The van der Waals surface area contributed by atoms with Crippen LogP contribution in [0.1, 0.15) is 43.2 Å². The number of fused-ring (bicyclic) bond motifs is 9. The van der Waals surface area contributed by atoms with Gasteiger partial charge >= 0.3 is 0 Å². The summed E-state index contributed by atoms with van der Waals surface area (Å²) in [5.74, 6) is 4.15. The molecular formula is C58H43N3. The van der Waals surface area contributed by atoms with Crippen LogP contribution in [0.2, 0.25) is 0 Å². The Morgan fingerprint density at radius 2 is 1.03 bits per heavy atom. The second-order valence-corrected chi connectivity index (χ2v) is 18.6. The maximum Gasteiger partial charge on any atom is 0.165 e. The van der Waals surface area contributed by atoms with Crippen molar-refractivity contribution in [1.29, 1.82) is 0 Å². The molecule has 2 heterocycles. The Bertz CT molecular complexity index is 3400. The standard InChI is InChI=1S/C58H43N3/c1-2-10-37(11-3-1)38-18-20-40(21-19-38)56-57(60-52-17-9-8-16-51(52)59-56)61-53-26-24-41(33-48(53)55-45-13-5-4-12-39(45)23-27-54(55)61)42-22-25-47-46-14-6-7-15-49(46)58(50(47)34-42)43-29-35-28-36(31-43)32-44(58)30-35/h1-27,33-36,43-44H,28-32H2. The fourth-order valence-electron chi connectivity index (χ4n) is 13.3. The first kappa shape index (κ1) is 33.9. The lowest BCUT2D eigenvalue weighted by Gasteiger charge is -2.61. The maximum atomic E-state index is 5.48. The molecule has 3 nitrogen and oxygen atoms in total. The van der Waals surface area contributed by atoms with Crippen molar-refractivity contribution in [3.63, 3.8) is 0 Å². The van der Waals surface area contributed by atoms with Crippen LogP contribution < -0.4 is 0 Å². The van der Waals surface area contributed by atoms with Gasteiger partial charge in [-0.25, -0.2) is 9.97 Å². The number of aromatic nitrogens is 3. The molecule has 61 heavy (non-hydrogen) atoms. The third-order valence-corrected chi connectivity index (χ3v) is 15.6. The summed E-state index contributed by atoms with van der Waals surface area (Å²) in [7, 11) is 0. The number of nitrogens with zero attached hydrogens (tertiary/aromatic N) is 3. The van der Waals surface area contributed by atoms with E-state index >= 15 is 0 Å². The zero-order valence-corrected chi connectivity index (χ0v) is 33.9. The minimum atomic E-state index is 0.135. The first-order valence-corrected chi connectivity index (χ1v) is 22.3. The van der Waals surface area contributed by atoms with Crippen LogP contribution in [0, 0.1) is 23.7 Å². The third-order valence-electron chi connectivity index (χ3n) is 15.6. The fraction of sp³-hybridized carbons (Fsp3) is 0.172. The molecule has 4 bridgehead atoms. The molecule has 15 rings (SSSR count). The molecule has 4 fully saturated rings. The summed E-state index contributed by atoms with van der Waals surface area (Å²) in [5, 5.41) is 4.97. The van der Waals surface area contributed by atoms with Gasteiger partial charge in [-0.15, -0.1) is 0 Å². The number of para-hydroxylation sites is 2. The highest BCUT2D eigenvalue weighted by Crippen LogP contribution is 2.69.